The zero-order valence-corrected chi connectivity index (χ0v) is 11.1. The van der Waals surface area contributed by atoms with Crippen molar-refractivity contribution in [2.75, 3.05) is 0 Å². The summed E-state index contributed by atoms with van der Waals surface area (Å²) in [7, 11) is 0. The van der Waals surface area contributed by atoms with Crippen LogP contribution in [0.2, 0.25) is 0 Å². The normalized spacial score (nSPS) is 6.92. The molecule has 0 spiro atoms. The molecule has 0 amide bonds. The number of rotatable bonds is 1. The SMILES string of the molecule is [Cl-].[Cl-].[Cl-].[Ti+3][O]c1ccc(Br)cc1. The summed E-state index contributed by atoms with van der Waals surface area (Å²) in [6.45, 7) is 0. The van der Waals surface area contributed by atoms with Crippen LogP contribution in [0.3, 0.4) is 0 Å². The van der Waals surface area contributed by atoms with Gasteiger partial charge in [-0.2, -0.15) is 0 Å². The topological polar surface area (TPSA) is 9.23 Å². The molecule has 0 radical (unpaired) electrons. The zero-order chi connectivity index (χ0) is 6.69. The summed E-state index contributed by atoms with van der Waals surface area (Å²) in [5.41, 5.74) is 0. The van der Waals surface area contributed by atoms with Crippen molar-refractivity contribution in [3.8, 4) is 5.75 Å². The van der Waals surface area contributed by atoms with E-state index in [0.717, 1.165) is 10.2 Å². The molecule has 0 aromatic heterocycles. The van der Waals surface area contributed by atoms with Crippen LogP contribution in [-0.4, -0.2) is 0 Å². The first-order valence-corrected chi connectivity index (χ1v) is 3.85. The van der Waals surface area contributed by atoms with E-state index in [1.807, 2.05) is 24.3 Å². The molecule has 1 aromatic rings. The fourth-order valence-electron chi connectivity index (χ4n) is 0.503. The van der Waals surface area contributed by atoms with Crippen LogP contribution in [0.4, 0.5) is 0 Å². The molecule has 0 saturated carbocycles. The van der Waals surface area contributed by atoms with Crippen molar-refractivity contribution in [1.29, 1.82) is 0 Å². The van der Waals surface area contributed by atoms with E-state index in [0.29, 0.717) is 0 Å². The molecular weight excluding hydrogens is 322 g/mol. The van der Waals surface area contributed by atoms with Crippen LogP contribution in [0.1, 0.15) is 0 Å². The standard InChI is InChI=1S/C6H5BrO.3ClH.Ti/c7-5-1-3-6(8)4-2-5;;;;/h1-4,8H;3*1H;/q;;;;+4/p-4. The minimum absolute atomic E-state index is 0. The Balaban J connectivity index is -0.000000270. The second kappa shape index (κ2) is 10.2. The second-order valence-corrected chi connectivity index (χ2v) is 2.79. The Kier molecular flexibility index (Phi) is 15.9. The molecule has 0 saturated heterocycles. The maximum absolute atomic E-state index is 4.95. The zero-order valence-electron chi connectivity index (χ0n) is 5.73. The quantitative estimate of drug-likeness (QED) is 0.467. The van der Waals surface area contributed by atoms with Gasteiger partial charge in [0, 0.05) is 0 Å². The first-order valence-electron chi connectivity index (χ1n) is 2.42. The third-order valence-electron chi connectivity index (χ3n) is 0.931. The van der Waals surface area contributed by atoms with Crippen molar-refractivity contribution in [2.24, 2.45) is 0 Å². The van der Waals surface area contributed by atoms with Gasteiger partial charge in [0.25, 0.3) is 0 Å². The first kappa shape index (κ1) is 18.8. The van der Waals surface area contributed by atoms with Crippen molar-refractivity contribution in [3.63, 3.8) is 0 Å². The van der Waals surface area contributed by atoms with Crippen molar-refractivity contribution in [1.82, 2.24) is 0 Å². The van der Waals surface area contributed by atoms with Gasteiger partial charge in [0.15, 0.2) is 0 Å². The Morgan fingerprint density at radius 2 is 1.42 bits per heavy atom. The van der Waals surface area contributed by atoms with Crippen LogP contribution in [0.15, 0.2) is 28.7 Å². The number of hydrogen-bond donors (Lipinski definition) is 0. The number of hydrogen-bond acceptors (Lipinski definition) is 1. The van der Waals surface area contributed by atoms with Gasteiger partial charge in [-0.15, -0.1) is 0 Å². The van der Waals surface area contributed by atoms with Gasteiger partial charge < -0.3 is 37.2 Å². The predicted molar refractivity (Wildman–Crippen MR) is 34.8 cm³/mol. The molecule has 0 aliphatic rings. The third kappa shape index (κ3) is 6.58. The molecule has 0 fully saturated rings. The molecule has 0 N–H and O–H groups in total. The Morgan fingerprint density at radius 3 is 1.75 bits per heavy atom. The maximum atomic E-state index is 4.95. The molecule has 0 aliphatic carbocycles. The molecule has 1 nitrogen and oxygen atoms in total. The van der Waals surface area contributed by atoms with E-state index in [1.54, 1.807) is 20.8 Å². The molecule has 12 heavy (non-hydrogen) atoms. The molecule has 0 bridgehead atoms. The van der Waals surface area contributed by atoms with Gasteiger partial charge in [-0.3, -0.25) is 0 Å². The van der Waals surface area contributed by atoms with Gasteiger partial charge in [0.05, 0.1) is 0 Å². The first-order chi connectivity index (χ1) is 4.33. The average Bonchev–Trinajstić information content (AvgIpc) is 1.90. The summed E-state index contributed by atoms with van der Waals surface area (Å²) >= 11 is 4.98. The molecule has 0 aliphatic heterocycles. The van der Waals surface area contributed by atoms with Crippen molar-refractivity contribution >= 4 is 15.9 Å². The molecule has 66 valence electrons. The van der Waals surface area contributed by atoms with Crippen LogP contribution < -0.4 is 40.5 Å². The van der Waals surface area contributed by atoms with Gasteiger partial charge in [-0.1, -0.05) is 0 Å². The van der Waals surface area contributed by atoms with Gasteiger partial charge in [-0.05, 0) is 0 Å². The van der Waals surface area contributed by atoms with Crippen LogP contribution in [0.5, 0.6) is 5.75 Å². The van der Waals surface area contributed by atoms with Gasteiger partial charge in [0.1, 0.15) is 0 Å². The summed E-state index contributed by atoms with van der Waals surface area (Å²) in [6.07, 6.45) is 0. The van der Waals surface area contributed by atoms with Crippen LogP contribution in [-0.2, 0) is 20.8 Å². The molecular formula is C6H4BrCl3OTi. The Hall–Kier alpha value is 1.08. The van der Waals surface area contributed by atoms with Crippen LogP contribution >= 0.6 is 15.9 Å². The van der Waals surface area contributed by atoms with Crippen LogP contribution in [0, 0.1) is 0 Å². The molecule has 0 atom stereocenters. The third-order valence-corrected chi connectivity index (χ3v) is 1.83. The fraction of sp³-hybridized carbons (Fsp3) is 0. The monoisotopic (exact) mass is 324 g/mol. The van der Waals surface area contributed by atoms with Crippen molar-refractivity contribution in [3.05, 3.63) is 28.7 Å². The minimum atomic E-state index is 0. The van der Waals surface area contributed by atoms with E-state index in [4.69, 9.17) is 3.32 Å². The van der Waals surface area contributed by atoms with Gasteiger partial charge in [0.2, 0.25) is 0 Å². The van der Waals surface area contributed by atoms with Crippen molar-refractivity contribution in [2.45, 2.75) is 0 Å². The molecule has 6 heteroatoms. The van der Waals surface area contributed by atoms with Gasteiger partial charge in [-0.25, -0.2) is 0 Å². The summed E-state index contributed by atoms with van der Waals surface area (Å²) in [6, 6.07) is 7.70. The summed E-state index contributed by atoms with van der Waals surface area (Å²) < 4.78 is 6.02. The Morgan fingerprint density at radius 1 is 1.00 bits per heavy atom. The Labute approximate surface area is 111 Å². The molecule has 0 unspecified atom stereocenters. The van der Waals surface area contributed by atoms with Crippen molar-refractivity contribution < 1.29 is 61.4 Å². The molecule has 0 heterocycles. The van der Waals surface area contributed by atoms with E-state index in [2.05, 4.69) is 15.9 Å². The second-order valence-electron chi connectivity index (χ2n) is 1.56. The molecule has 1 aromatic carbocycles. The van der Waals surface area contributed by atoms with E-state index in [1.165, 1.54) is 0 Å². The van der Waals surface area contributed by atoms with E-state index in [9.17, 15) is 0 Å². The van der Waals surface area contributed by atoms with E-state index in [-0.39, 0.29) is 37.2 Å². The Bertz CT molecular complexity index is 194. The summed E-state index contributed by atoms with van der Waals surface area (Å²) in [5.74, 6) is 0.887. The average molecular weight is 326 g/mol. The summed E-state index contributed by atoms with van der Waals surface area (Å²) in [4.78, 5) is 0. The fourth-order valence-corrected chi connectivity index (χ4v) is 0.979. The van der Waals surface area contributed by atoms with E-state index >= 15 is 0 Å². The van der Waals surface area contributed by atoms with Crippen LogP contribution in [0.25, 0.3) is 0 Å². The van der Waals surface area contributed by atoms with Gasteiger partial charge >= 0.3 is 74.6 Å². The molecule has 1 rings (SSSR count). The number of halogens is 4. The van der Waals surface area contributed by atoms with E-state index < -0.39 is 0 Å². The summed E-state index contributed by atoms with van der Waals surface area (Å²) in [5, 5.41) is 0. The predicted octanol–water partition coefficient (Wildman–Crippen LogP) is -6.70. The number of benzene rings is 1.